The second kappa shape index (κ2) is 26.9. The maximum Gasteiger partial charge on any atom is 0.338 e. The van der Waals surface area contributed by atoms with E-state index in [1.807, 2.05) is 0 Å². The highest BCUT2D eigenvalue weighted by Crippen LogP contribution is 2.04. The van der Waals surface area contributed by atoms with Gasteiger partial charge in [-0.1, -0.05) is 0 Å². The van der Waals surface area contributed by atoms with Crippen LogP contribution in [0.25, 0.3) is 0 Å². The fourth-order valence-electron chi connectivity index (χ4n) is 2.65. The van der Waals surface area contributed by atoms with Gasteiger partial charge in [-0.15, -0.1) is 0 Å². The summed E-state index contributed by atoms with van der Waals surface area (Å²) in [5.41, 5.74) is 0.296. The predicted molar refractivity (Wildman–Crippen MR) is 135 cm³/mol. The summed E-state index contributed by atoms with van der Waals surface area (Å²) in [6, 6.07) is 5.16. The van der Waals surface area contributed by atoms with Gasteiger partial charge in [0.15, 0.2) is 0 Å². The Balaban J connectivity index is 1.68. The van der Waals surface area contributed by atoms with Crippen LogP contribution in [0.2, 0.25) is 0 Å². The van der Waals surface area contributed by atoms with Crippen LogP contribution in [-0.2, 0) is 47.4 Å². The van der Waals surface area contributed by atoms with Crippen molar-refractivity contribution in [2.75, 3.05) is 126 Å². The minimum atomic E-state index is -0.516. The smallest absolute Gasteiger partial charge is 0.338 e. The van der Waals surface area contributed by atoms with Crippen LogP contribution in [-0.4, -0.2) is 132 Å². The molecular formula is C26H43FO11. The largest absolute Gasteiger partial charge is 0.460 e. The average molecular weight is 551 g/mol. The molecule has 0 bridgehead atoms. The third kappa shape index (κ3) is 22.3. The SMILES string of the molecule is COCCOCCOCCOCCOCCOCCOCCOCCOCCOC(=O)c1ccc(F)cc1. The molecule has 0 saturated heterocycles. The molecule has 0 fully saturated rings. The average Bonchev–Trinajstić information content (AvgIpc) is 2.93. The number of hydrogen-bond acceptors (Lipinski definition) is 11. The molecule has 1 rings (SSSR count). The van der Waals surface area contributed by atoms with Gasteiger partial charge in [-0.2, -0.15) is 0 Å². The minimum absolute atomic E-state index is 0.112. The van der Waals surface area contributed by atoms with E-state index in [1.54, 1.807) is 7.11 Å². The maximum atomic E-state index is 12.8. The summed E-state index contributed by atoms with van der Waals surface area (Å²) in [6.07, 6.45) is 0. The van der Waals surface area contributed by atoms with Crippen molar-refractivity contribution < 1.29 is 56.6 Å². The summed E-state index contributed by atoms with van der Waals surface area (Å²) in [4.78, 5) is 11.7. The molecule has 0 spiro atoms. The van der Waals surface area contributed by atoms with Gasteiger partial charge in [0.05, 0.1) is 118 Å². The van der Waals surface area contributed by atoms with Crippen LogP contribution in [0.4, 0.5) is 4.39 Å². The van der Waals surface area contributed by atoms with Gasteiger partial charge in [0.2, 0.25) is 0 Å². The van der Waals surface area contributed by atoms with Crippen molar-refractivity contribution in [3.05, 3.63) is 35.6 Å². The molecule has 0 heterocycles. The lowest BCUT2D eigenvalue weighted by Gasteiger charge is -2.09. The third-order valence-electron chi connectivity index (χ3n) is 4.58. The Hall–Kier alpha value is -1.74. The molecule has 0 N–H and O–H groups in total. The number of benzene rings is 1. The first-order chi connectivity index (χ1) is 18.7. The molecule has 1 aromatic carbocycles. The highest BCUT2D eigenvalue weighted by atomic mass is 19.1. The van der Waals surface area contributed by atoms with Crippen molar-refractivity contribution in [1.82, 2.24) is 0 Å². The number of ether oxygens (including phenoxy) is 10. The lowest BCUT2D eigenvalue weighted by atomic mass is 10.2. The van der Waals surface area contributed by atoms with Crippen molar-refractivity contribution in [2.45, 2.75) is 0 Å². The zero-order valence-electron chi connectivity index (χ0n) is 22.4. The van der Waals surface area contributed by atoms with Crippen LogP contribution >= 0.6 is 0 Å². The predicted octanol–water partition coefficient (Wildman–Crippen LogP) is 1.76. The number of carbonyl (C=O) groups excluding carboxylic acids is 1. The molecule has 0 aliphatic carbocycles. The fraction of sp³-hybridized carbons (Fsp3) is 0.731. The monoisotopic (exact) mass is 550 g/mol. The number of esters is 1. The van der Waals surface area contributed by atoms with E-state index >= 15 is 0 Å². The van der Waals surface area contributed by atoms with Gasteiger partial charge >= 0.3 is 5.97 Å². The molecule has 0 aliphatic rings. The summed E-state index contributed by atoms with van der Waals surface area (Å²) in [6.45, 7) is 8.27. The molecule has 0 amide bonds. The molecule has 1 aromatic rings. The second-order valence-electron chi connectivity index (χ2n) is 7.53. The summed E-state index contributed by atoms with van der Waals surface area (Å²) in [7, 11) is 1.64. The van der Waals surface area contributed by atoms with Gasteiger partial charge in [-0.25, -0.2) is 9.18 Å². The second-order valence-corrected chi connectivity index (χ2v) is 7.53. The summed E-state index contributed by atoms with van der Waals surface area (Å²) >= 11 is 0. The van der Waals surface area contributed by atoms with E-state index in [9.17, 15) is 9.18 Å². The van der Waals surface area contributed by atoms with Gasteiger partial charge < -0.3 is 47.4 Å². The van der Waals surface area contributed by atoms with Crippen LogP contribution in [0.1, 0.15) is 10.4 Å². The standard InChI is InChI=1S/C26H43FO11/c1-29-6-7-30-8-9-31-10-11-32-12-13-33-14-15-34-16-17-35-18-19-36-20-21-37-22-23-38-26(28)24-2-4-25(27)5-3-24/h2-5H,6-23H2,1H3. The Labute approximate surface area is 224 Å². The first-order valence-corrected chi connectivity index (χ1v) is 12.8. The molecular weight excluding hydrogens is 507 g/mol. The molecule has 11 nitrogen and oxygen atoms in total. The Morgan fingerprint density at radius 1 is 0.500 bits per heavy atom. The Morgan fingerprint density at radius 2 is 0.789 bits per heavy atom. The van der Waals surface area contributed by atoms with E-state index in [1.165, 1.54) is 24.3 Å². The van der Waals surface area contributed by atoms with Gasteiger partial charge in [0, 0.05) is 7.11 Å². The van der Waals surface area contributed by atoms with Crippen molar-refractivity contribution in [1.29, 1.82) is 0 Å². The molecule has 220 valence electrons. The maximum absolute atomic E-state index is 12.8. The minimum Gasteiger partial charge on any atom is -0.460 e. The lowest BCUT2D eigenvalue weighted by molar-refractivity contribution is -0.0253. The Kier molecular flexibility index (Phi) is 24.2. The zero-order chi connectivity index (χ0) is 27.4. The summed E-state index contributed by atoms with van der Waals surface area (Å²) < 4.78 is 65.8. The van der Waals surface area contributed by atoms with Gasteiger partial charge in [0.25, 0.3) is 0 Å². The van der Waals surface area contributed by atoms with E-state index in [0.717, 1.165) is 0 Å². The van der Waals surface area contributed by atoms with Crippen molar-refractivity contribution in [3.63, 3.8) is 0 Å². The zero-order valence-corrected chi connectivity index (χ0v) is 22.4. The first kappa shape index (κ1) is 34.3. The number of methoxy groups -OCH3 is 1. The Morgan fingerprint density at radius 3 is 1.11 bits per heavy atom. The molecule has 0 radical (unpaired) electrons. The van der Waals surface area contributed by atoms with Crippen LogP contribution in [0.5, 0.6) is 0 Å². The van der Waals surface area contributed by atoms with Gasteiger partial charge in [-0.05, 0) is 24.3 Å². The van der Waals surface area contributed by atoms with Crippen LogP contribution in [0, 0.1) is 5.82 Å². The fourth-order valence-corrected chi connectivity index (χ4v) is 2.65. The normalized spacial score (nSPS) is 11.2. The lowest BCUT2D eigenvalue weighted by Crippen LogP contribution is -2.15. The Bertz CT molecular complexity index is 649. The molecule has 12 heteroatoms. The molecule has 38 heavy (non-hydrogen) atoms. The van der Waals surface area contributed by atoms with Crippen LogP contribution in [0.15, 0.2) is 24.3 Å². The van der Waals surface area contributed by atoms with Crippen LogP contribution in [0.3, 0.4) is 0 Å². The molecule has 0 saturated carbocycles. The molecule has 0 aromatic heterocycles. The molecule has 0 atom stereocenters. The van der Waals surface area contributed by atoms with E-state index in [0.29, 0.717) is 111 Å². The summed E-state index contributed by atoms with van der Waals surface area (Å²) in [5.74, 6) is -0.920. The van der Waals surface area contributed by atoms with Gasteiger partial charge in [-0.3, -0.25) is 0 Å². The first-order valence-electron chi connectivity index (χ1n) is 12.8. The van der Waals surface area contributed by atoms with E-state index in [4.69, 9.17) is 47.4 Å². The molecule has 0 aliphatic heterocycles. The third-order valence-corrected chi connectivity index (χ3v) is 4.58. The topological polar surface area (TPSA) is 109 Å². The number of rotatable bonds is 28. The highest BCUT2D eigenvalue weighted by molar-refractivity contribution is 5.89. The van der Waals surface area contributed by atoms with Gasteiger partial charge in [0.1, 0.15) is 12.4 Å². The van der Waals surface area contributed by atoms with Crippen LogP contribution < -0.4 is 0 Å². The summed E-state index contributed by atoms with van der Waals surface area (Å²) in [5, 5.41) is 0. The number of halogens is 1. The van der Waals surface area contributed by atoms with Crippen molar-refractivity contribution >= 4 is 5.97 Å². The highest BCUT2D eigenvalue weighted by Gasteiger charge is 2.06. The number of carbonyl (C=O) groups is 1. The van der Waals surface area contributed by atoms with Crippen molar-refractivity contribution in [2.24, 2.45) is 0 Å². The molecule has 0 unspecified atom stereocenters. The quantitative estimate of drug-likeness (QED) is 0.112. The van der Waals surface area contributed by atoms with E-state index in [-0.39, 0.29) is 13.2 Å². The van der Waals surface area contributed by atoms with Crippen molar-refractivity contribution in [3.8, 4) is 0 Å². The van der Waals surface area contributed by atoms with E-state index in [2.05, 4.69) is 0 Å². The number of hydrogen-bond donors (Lipinski definition) is 0. The van der Waals surface area contributed by atoms with E-state index < -0.39 is 11.8 Å².